The van der Waals surface area contributed by atoms with E-state index in [2.05, 4.69) is 5.32 Å². The third-order valence-electron chi connectivity index (χ3n) is 4.80. The van der Waals surface area contributed by atoms with Gasteiger partial charge in [-0.25, -0.2) is 4.39 Å². The third-order valence-corrected chi connectivity index (χ3v) is 4.80. The van der Waals surface area contributed by atoms with Crippen LogP contribution in [-0.4, -0.2) is 61.6 Å². The molecule has 2 aromatic rings. The molecule has 0 atom stereocenters. The Kier molecular flexibility index (Phi) is 8.54. The molecule has 1 N–H and O–H groups in total. The molecule has 1 heterocycles. The van der Waals surface area contributed by atoms with Gasteiger partial charge in [-0.05, 0) is 51.1 Å². The van der Waals surface area contributed by atoms with Gasteiger partial charge in [-0.2, -0.15) is 0 Å². The Balaban J connectivity index is 1.95. The van der Waals surface area contributed by atoms with E-state index in [9.17, 15) is 14.0 Å². The lowest BCUT2D eigenvalue weighted by Gasteiger charge is -2.16. The molecule has 1 amide bonds. The summed E-state index contributed by atoms with van der Waals surface area (Å²) >= 11 is 0. The van der Waals surface area contributed by atoms with Gasteiger partial charge in [0.15, 0.2) is 5.78 Å². The summed E-state index contributed by atoms with van der Waals surface area (Å²) in [4.78, 5) is 26.4. The van der Waals surface area contributed by atoms with E-state index in [0.717, 1.165) is 23.4 Å². The number of nitrogens with one attached hydrogen (secondary N) is 1. The number of halogens is 1. The zero-order valence-electron chi connectivity index (χ0n) is 17.6. The summed E-state index contributed by atoms with van der Waals surface area (Å²) in [6.45, 7) is 5.90. The van der Waals surface area contributed by atoms with Gasteiger partial charge >= 0.3 is 0 Å². The topological polar surface area (TPSA) is 63.6 Å². The van der Waals surface area contributed by atoms with E-state index in [0.29, 0.717) is 25.3 Å². The standard InChI is InChI=1S/C22H30FN3O3/c1-16-12-20(17(2)26(16)13-18-6-8-19(23)9-7-18)21(27)14-25(3)15-22(28)24-10-5-11-29-4/h6-9,12H,5,10-11,13-15H2,1-4H3,(H,24,28). The average Bonchev–Trinajstić information content (AvgIpc) is 2.95. The third kappa shape index (κ3) is 6.80. The van der Waals surface area contributed by atoms with Crippen molar-refractivity contribution in [2.24, 2.45) is 0 Å². The van der Waals surface area contributed by atoms with Crippen LogP contribution in [0.3, 0.4) is 0 Å². The van der Waals surface area contributed by atoms with Crippen molar-refractivity contribution in [3.05, 3.63) is 58.7 Å². The molecule has 0 fully saturated rings. The van der Waals surface area contributed by atoms with E-state index < -0.39 is 0 Å². The van der Waals surface area contributed by atoms with Gasteiger partial charge in [0.2, 0.25) is 5.91 Å². The minimum Gasteiger partial charge on any atom is -0.385 e. The Morgan fingerprint density at radius 1 is 1.17 bits per heavy atom. The number of hydrogen-bond acceptors (Lipinski definition) is 4. The fourth-order valence-electron chi connectivity index (χ4n) is 3.23. The lowest BCUT2D eigenvalue weighted by atomic mass is 10.1. The first-order chi connectivity index (χ1) is 13.8. The van der Waals surface area contributed by atoms with E-state index in [-0.39, 0.29) is 30.6 Å². The number of rotatable bonds is 11. The highest BCUT2D eigenvalue weighted by atomic mass is 19.1. The van der Waals surface area contributed by atoms with Crippen LogP contribution in [0.25, 0.3) is 0 Å². The largest absolute Gasteiger partial charge is 0.385 e. The van der Waals surface area contributed by atoms with E-state index >= 15 is 0 Å². The molecule has 0 saturated heterocycles. The molecule has 1 aromatic carbocycles. The Morgan fingerprint density at radius 3 is 2.52 bits per heavy atom. The van der Waals surface area contributed by atoms with Crippen molar-refractivity contribution in [1.82, 2.24) is 14.8 Å². The van der Waals surface area contributed by atoms with Crippen LogP contribution in [0.4, 0.5) is 4.39 Å². The summed E-state index contributed by atoms with van der Waals surface area (Å²) in [7, 11) is 3.38. The number of ether oxygens (including phenoxy) is 1. The number of carbonyl (C=O) groups is 2. The van der Waals surface area contributed by atoms with Crippen LogP contribution >= 0.6 is 0 Å². The molecule has 0 spiro atoms. The SMILES string of the molecule is COCCCNC(=O)CN(C)CC(=O)c1cc(C)n(Cc2ccc(F)cc2)c1C. The second kappa shape index (κ2) is 10.9. The number of likely N-dealkylation sites (N-methyl/N-ethyl adjacent to an activating group) is 1. The van der Waals surface area contributed by atoms with E-state index in [1.54, 1.807) is 31.2 Å². The summed E-state index contributed by atoms with van der Waals surface area (Å²) in [6, 6.07) is 8.24. The molecule has 0 unspecified atom stereocenters. The summed E-state index contributed by atoms with van der Waals surface area (Å²) in [5, 5.41) is 2.81. The van der Waals surface area contributed by atoms with Crippen molar-refractivity contribution in [3.63, 3.8) is 0 Å². The van der Waals surface area contributed by atoms with Gasteiger partial charge in [-0.3, -0.25) is 14.5 Å². The van der Waals surface area contributed by atoms with Crippen LogP contribution in [0.1, 0.15) is 33.7 Å². The smallest absolute Gasteiger partial charge is 0.234 e. The maximum atomic E-state index is 13.1. The molecule has 158 valence electrons. The number of aromatic nitrogens is 1. The number of methoxy groups -OCH3 is 1. The molecule has 6 nitrogen and oxygen atoms in total. The number of hydrogen-bond donors (Lipinski definition) is 1. The van der Waals surface area contributed by atoms with Crippen molar-refractivity contribution in [2.75, 3.05) is 40.4 Å². The van der Waals surface area contributed by atoms with E-state index in [4.69, 9.17) is 4.74 Å². The molecule has 0 radical (unpaired) electrons. The highest BCUT2D eigenvalue weighted by molar-refractivity contribution is 5.99. The fraction of sp³-hybridized carbons (Fsp3) is 0.455. The van der Waals surface area contributed by atoms with Gasteiger partial charge in [0.25, 0.3) is 0 Å². The molecule has 0 aliphatic carbocycles. The van der Waals surface area contributed by atoms with Gasteiger partial charge < -0.3 is 14.6 Å². The van der Waals surface area contributed by atoms with Crippen LogP contribution in [0.5, 0.6) is 0 Å². The van der Waals surface area contributed by atoms with Gasteiger partial charge in [-0.15, -0.1) is 0 Å². The highest BCUT2D eigenvalue weighted by Crippen LogP contribution is 2.18. The molecule has 0 bridgehead atoms. The van der Waals surface area contributed by atoms with Crippen molar-refractivity contribution < 1.29 is 18.7 Å². The second-order valence-electron chi connectivity index (χ2n) is 7.29. The monoisotopic (exact) mass is 403 g/mol. The molecule has 0 aliphatic rings. The van der Waals surface area contributed by atoms with Gasteiger partial charge in [-0.1, -0.05) is 12.1 Å². The second-order valence-corrected chi connectivity index (χ2v) is 7.29. The molecule has 1 aromatic heterocycles. The maximum Gasteiger partial charge on any atom is 0.234 e. The number of Topliss-reactive ketones (excluding diaryl/α,β-unsaturated/α-hetero) is 1. The Morgan fingerprint density at radius 2 is 1.86 bits per heavy atom. The van der Waals surface area contributed by atoms with Crippen molar-refractivity contribution in [1.29, 1.82) is 0 Å². The fourth-order valence-corrected chi connectivity index (χ4v) is 3.23. The van der Waals surface area contributed by atoms with E-state index in [1.165, 1.54) is 12.1 Å². The Labute approximate surface area is 171 Å². The molecular weight excluding hydrogens is 373 g/mol. The normalized spacial score (nSPS) is 11.1. The first-order valence-corrected chi connectivity index (χ1v) is 9.70. The molecule has 0 saturated carbocycles. The van der Waals surface area contributed by atoms with Crippen molar-refractivity contribution in [2.45, 2.75) is 26.8 Å². The zero-order chi connectivity index (χ0) is 21.4. The number of ketones is 1. The first kappa shape index (κ1) is 22.8. The molecular formula is C22H30FN3O3. The summed E-state index contributed by atoms with van der Waals surface area (Å²) in [5.74, 6) is -0.410. The average molecular weight is 403 g/mol. The van der Waals surface area contributed by atoms with Crippen LogP contribution in [0.2, 0.25) is 0 Å². The number of aryl methyl sites for hydroxylation is 1. The first-order valence-electron chi connectivity index (χ1n) is 9.70. The Hall–Kier alpha value is -2.51. The van der Waals surface area contributed by atoms with Crippen molar-refractivity contribution >= 4 is 11.7 Å². The van der Waals surface area contributed by atoms with Gasteiger partial charge in [0, 0.05) is 43.8 Å². The summed E-state index contributed by atoms with van der Waals surface area (Å²) in [5.41, 5.74) is 3.45. The highest BCUT2D eigenvalue weighted by Gasteiger charge is 2.18. The zero-order valence-corrected chi connectivity index (χ0v) is 17.6. The summed E-state index contributed by atoms with van der Waals surface area (Å²) in [6.07, 6.45) is 0.755. The van der Waals surface area contributed by atoms with Crippen LogP contribution in [0, 0.1) is 19.7 Å². The number of benzene rings is 1. The minimum absolute atomic E-state index is 0.0295. The molecule has 7 heteroatoms. The summed E-state index contributed by atoms with van der Waals surface area (Å²) < 4.78 is 20.1. The lowest BCUT2D eigenvalue weighted by Crippen LogP contribution is -2.38. The predicted octanol–water partition coefficient (Wildman–Crippen LogP) is 2.56. The molecule has 0 aliphatic heterocycles. The predicted molar refractivity (Wildman–Crippen MR) is 111 cm³/mol. The number of carbonyl (C=O) groups excluding carboxylic acids is 2. The number of amides is 1. The quantitative estimate of drug-likeness (QED) is 0.463. The van der Waals surface area contributed by atoms with E-state index in [1.807, 2.05) is 24.5 Å². The van der Waals surface area contributed by atoms with Crippen LogP contribution in [-0.2, 0) is 16.1 Å². The van der Waals surface area contributed by atoms with Gasteiger partial charge in [0.1, 0.15) is 5.82 Å². The Bertz CT molecular complexity index is 831. The van der Waals surface area contributed by atoms with Gasteiger partial charge in [0.05, 0.1) is 13.1 Å². The minimum atomic E-state index is -0.267. The lowest BCUT2D eigenvalue weighted by molar-refractivity contribution is -0.121. The maximum absolute atomic E-state index is 13.1. The molecule has 2 rings (SSSR count). The molecule has 29 heavy (non-hydrogen) atoms. The van der Waals surface area contributed by atoms with Crippen LogP contribution < -0.4 is 5.32 Å². The van der Waals surface area contributed by atoms with Crippen molar-refractivity contribution in [3.8, 4) is 0 Å². The van der Waals surface area contributed by atoms with Crippen LogP contribution in [0.15, 0.2) is 30.3 Å². The number of nitrogens with zero attached hydrogens (tertiary/aromatic N) is 2.